The number of nitrogens with one attached hydrogen (secondary N) is 2. The molecule has 2 heterocycles. The average Bonchev–Trinajstić information content (AvgIpc) is 2.70. The Labute approximate surface area is 175 Å². The van der Waals surface area contributed by atoms with Gasteiger partial charge in [-0.1, -0.05) is 30.3 Å². The summed E-state index contributed by atoms with van der Waals surface area (Å²) in [6, 6.07) is 11.8. The van der Waals surface area contributed by atoms with Gasteiger partial charge in [0.05, 0.1) is 12.1 Å². The van der Waals surface area contributed by atoms with Gasteiger partial charge in [-0.2, -0.15) is 0 Å². The number of H-pyrrole nitrogens is 2. The van der Waals surface area contributed by atoms with E-state index in [2.05, 4.69) is 9.97 Å². The van der Waals surface area contributed by atoms with Crippen LogP contribution in [0.1, 0.15) is 43.9 Å². The number of hydrogen-bond acceptors (Lipinski definition) is 3. The second-order valence-electron chi connectivity index (χ2n) is 7.71. The van der Waals surface area contributed by atoms with E-state index in [9.17, 15) is 14.4 Å². The number of carbonyl (C=O) groups excluding carboxylic acids is 1. The minimum absolute atomic E-state index is 0.179. The molecule has 0 aliphatic rings. The van der Waals surface area contributed by atoms with E-state index < -0.39 is 0 Å². The lowest BCUT2D eigenvalue weighted by Gasteiger charge is -2.25. The molecule has 0 bridgehead atoms. The molecule has 0 aliphatic carbocycles. The second-order valence-corrected chi connectivity index (χ2v) is 7.71. The summed E-state index contributed by atoms with van der Waals surface area (Å²) in [5.74, 6) is -0.244. The summed E-state index contributed by atoms with van der Waals surface area (Å²) in [5.41, 5.74) is 4.30. The maximum Gasteiger partial charge on any atom is 0.254 e. The molecule has 6 nitrogen and oxygen atoms in total. The Kier molecular flexibility index (Phi) is 6.35. The molecule has 3 aromatic rings. The number of amides is 1. The van der Waals surface area contributed by atoms with Crippen LogP contribution in [-0.2, 0) is 13.0 Å². The summed E-state index contributed by atoms with van der Waals surface area (Å²) in [4.78, 5) is 45.3. The second kappa shape index (κ2) is 8.95. The Bertz CT molecular complexity index is 1180. The van der Waals surface area contributed by atoms with Crippen LogP contribution in [0.3, 0.4) is 0 Å². The smallest absolute Gasteiger partial charge is 0.254 e. The Morgan fingerprint density at radius 3 is 2.33 bits per heavy atom. The molecule has 0 atom stereocenters. The number of aryl methyl sites for hydroxylation is 3. The molecule has 2 aromatic heterocycles. The van der Waals surface area contributed by atoms with Crippen molar-refractivity contribution in [2.24, 2.45) is 0 Å². The van der Waals surface area contributed by atoms with Crippen molar-refractivity contribution in [2.75, 3.05) is 6.54 Å². The van der Waals surface area contributed by atoms with E-state index in [0.29, 0.717) is 35.2 Å². The molecule has 0 fully saturated rings. The number of aromatic nitrogens is 2. The number of aromatic amines is 2. The Hall–Kier alpha value is -3.41. The molecule has 0 spiro atoms. The fourth-order valence-electron chi connectivity index (χ4n) is 3.68. The van der Waals surface area contributed by atoms with Gasteiger partial charge in [0.2, 0.25) is 0 Å². The van der Waals surface area contributed by atoms with Gasteiger partial charge in [0, 0.05) is 29.6 Å². The average molecular weight is 405 g/mol. The fourth-order valence-corrected chi connectivity index (χ4v) is 3.68. The van der Waals surface area contributed by atoms with Crippen LogP contribution in [0.4, 0.5) is 0 Å². The summed E-state index contributed by atoms with van der Waals surface area (Å²) in [5, 5.41) is 0. The van der Waals surface area contributed by atoms with Gasteiger partial charge in [0.15, 0.2) is 0 Å². The van der Waals surface area contributed by atoms with Crippen molar-refractivity contribution >= 4 is 5.91 Å². The van der Waals surface area contributed by atoms with Crippen molar-refractivity contribution in [2.45, 2.75) is 40.7 Å². The molecule has 1 amide bonds. The number of nitrogens with zero attached hydrogens (tertiary/aromatic N) is 1. The Balaban J connectivity index is 1.99. The first-order valence-electron chi connectivity index (χ1n) is 9.99. The lowest BCUT2D eigenvalue weighted by molar-refractivity contribution is 0.0742. The highest BCUT2D eigenvalue weighted by Crippen LogP contribution is 2.16. The number of benzene rings is 1. The third-order valence-electron chi connectivity index (χ3n) is 5.39. The highest BCUT2D eigenvalue weighted by molar-refractivity contribution is 5.96. The Morgan fingerprint density at radius 1 is 0.967 bits per heavy atom. The third-order valence-corrected chi connectivity index (χ3v) is 5.39. The molecule has 0 saturated heterocycles. The van der Waals surface area contributed by atoms with Crippen molar-refractivity contribution in [3.63, 3.8) is 0 Å². The van der Waals surface area contributed by atoms with Crippen LogP contribution in [0.25, 0.3) is 0 Å². The molecule has 30 heavy (non-hydrogen) atoms. The van der Waals surface area contributed by atoms with E-state index in [-0.39, 0.29) is 23.6 Å². The van der Waals surface area contributed by atoms with E-state index in [1.54, 1.807) is 24.9 Å². The van der Waals surface area contributed by atoms with Crippen molar-refractivity contribution in [1.82, 2.24) is 14.9 Å². The van der Waals surface area contributed by atoms with Crippen molar-refractivity contribution in [3.05, 3.63) is 102 Å². The van der Waals surface area contributed by atoms with E-state index >= 15 is 0 Å². The molecule has 1 aromatic carbocycles. The van der Waals surface area contributed by atoms with Crippen LogP contribution in [0.5, 0.6) is 0 Å². The lowest BCUT2D eigenvalue weighted by Crippen LogP contribution is -2.36. The highest BCUT2D eigenvalue weighted by Gasteiger charge is 2.23. The van der Waals surface area contributed by atoms with Crippen LogP contribution in [0.2, 0.25) is 0 Å². The summed E-state index contributed by atoms with van der Waals surface area (Å²) in [6.45, 7) is 7.77. The van der Waals surface area contributed by atoms with Crippen molar-refractivity contribution in [1.29, 1.82) is 0 Å². The predicted molar refractivity (Wildman–Crippen MR) is 118 cm³/mol. The number of rotatable bonds is 6. The number of carbonyl (C=O) groups is 1. The maximum atomic E-state index is 13.5. The molecule has 0 unspecified atom stereocenters. The van der Waals surface area contributed by atoms with Crippen molar-refractivity contribution in [3.8, 4) is 0 Å². The fraction of sp³-hybridized carbons (Fsp3) is 0.292. The molecular formula is C24H27N3O3. The molecule has 6 heteroatoms. The zero-order valence-electron chi connectivity index (χ0n) is 17.8. The van der Waals surface area contributed by atoms with Gasteiger partial charge in [-0.05, 0) is 56.9 Å². The first-order chi connectivity index (χ1) is 14.3. The van der Waals surface area contributed by atoms with Crippen LogP contribution in [0.15, 0.2) is 52.2 Å². The molecule has 0 saturated carbocycles. The summed E-state index contributed by atoms with van der Waals surface area (Å²) in [7, 11) is 0. The molecule has 3 rings (SSSR count). The molecule has 2 N–H and O–H groups in total. The van der Waals surface area contributed by atoms with Crippen LogP contribution < -0.4 is 11.1 Å². The number of pyridine rings is 2. The van der Waals surface area contributed by atoms with Crippen LogP contribution in [-0.4, -0.2) is 27.3 Å². The standard InChI is InChI=1S/C24H27N3O3/c1-15-12-17(3)26-23(29)20(15)14-27(11-10-19-8-6-5-7-9-19)24(30)21-16(2)13-25-22(28)18(21)4/h5-9,12-13H,10-11,14H2,1-4H3,(H,25,28)(H,26,29). The zero-order chi connectivity index (χ0) is 21.8. The third kappa shape index (κ3) is 4.59. The first-order valence-corrected chi connectivity index (χ1v) is 9.99. The minimum atomic E-state index is -0.281. The van der Waals surface area contributed by atoms with Gasteiger partial charge < -0.3 is 14.9 Å². The maximum absolute atomic E-state index is 13.5. The van der Waals surface area contributed by atoms with Gasteiger partial charge in [0.1, 0.15) is 0 Å². The monoisotopic (exact) mass is 405 g/mol. The van der Waals surface area contributed by atoms with E-state index in [4.69, 9.17) is 0 Å². The normalized spacial score (nSPS) is 10.8. The largest absolute Gasteiger partial charge is 0.334 e. The Morgan fingerprint density at radius 2 is 1.67 bits per heavy atom. The first kappa shape index (κ1) is 21.3. The van der Waals surface area contributed by atoms with E-state index in [0.717, 1.165) is 16.8 Å². The summed E-state index contributed by atoms with van der Waals surface area (Å²) < 4.78 is 0. The van der Waals surface area contributed by atoms with Gasteiger partial charge in [-0.25, -0.2) is 0 Å². The van der Waals surface area contributed by atoms with Crippen LogP contribution >= 0.6 is 0 Å². The van der Waals surface area contributed by atoms with Crippen molar-refractivity contribution < 1.29 is 4.79 Å². The number of hydrogen-bond donors (Lipinski definition) is 2. The van der Waals surface area contributed by atoms with E-state index in [1.807, 2.05) is 50.2 Å². The minimum Gasteiger partial charge on any atom is -0.334 e. The summed E-state index contributed by atoms with van der Waals surface area (Å²) >= 11 is 0. The lowest BCUT2D eigenvalue weighted by atomic mass is 10.0. The predicted octanol–water partition coefficient (Wildman–Crippen LogP) is 3.18. The molecular weight excluding hydrogens is 378 g/mol. The van der Waals surface area contributed by atoms with Gasteiger partial charge in [-0.3, -0.25) is 14.4 Å². The zero-order valence-corrected chi connectivity index (χ0v) is 17.8. The molecule has 156 valence electrons. The summed E-state index contributed by atoms with van der Waals surface area (Å²) in [6.07, 6.45) is 2.21. The van der Waals surface area contributed by atoms with Gasteiger partial charge in [-0.15, -0.1) is 0 Å². The highest BCUT2D eigenvalue weighted by atomic mass is 16.2. The topological polar surface area (TPSA) is 86.0 Å². The quantitative estimate of drug-likeness (QED) is 0.660. The van der Waals surface area contributed by atoms with Gasteiger partial charge >= 0.3 is 0 Å². The van der Waals surface area contributed by atoms with Crippen LogP contribution in [0, 0.1) is 27.7 Å². The molecule has 0 aliphatic heterocycles. The SMILES string of the molecule is Cc1cc(C)c(CN(CCc2ccccc2)C(=O)c2c(C)c[nH]c(=O)c2C)c(=O)[nH]1. The molecule has 0 radical (unpaired) electrons. The van der Waals surface area contributed by atoms with Gasteiger partial charge in [0.25, 0.3) is 17.0 Å². The van der Waals surface area contributed by atoms with E-state index in [1.165, 1.54) is 0 Å².